The van der Waals surface area contributed by atoms with Crippen LogP contribution in [0.3, 0.4) is 0 Å². The summed E-state index contributed by atoms with van der Waals surface area (Å²) < 4.78 is 5.41. The number of ether oxygens (including phenoxy) is 1. The summed E-state index contributed by atoms with van der Waals surface area (Å²) in [4.78, 5) is 4.07. The molecule has 1 N–H and O–H groups in total. The molecule has 0 amide bonds. The molecular weight excluding hydrogens is 176 g/mol. The first-order chi connectivity index (χ1) is 6.79. The average Bonchev–Trinajstić information content (AvgIpc) is 2.21. The predicted molar refractivity (Wildman–Crippen MR) is 57.3 cm³/mol. The standard InChI is InChI=1S/C11H18N2O/c1-4-14-8-11(12-3)10-5-6-13-7-9(10)2/h5-7,11-12H,4,8H2,1-3H3. The van der Waals surface area contributed by atoms with Crippen LogP contribution in [-0.2, 0) is 4.74 Å². The molecule has 1 aromatic rings. The Morgan fingerprint density at radius 3 is 2.93 bits per heavy atom. The lowest BCUT2D eigenvalue weighted by Gasteiger charge is -2.17. The van der Waals surface area contributed by atoms with Crippen LogP contribution in [0.15, 0.2) is 18.5 Å². The Morgan fingerprint density at radius 1 is 1.57 bits per heavy atom. The summed E-state index contributed by atoms with van der Waals surface area (Å²) in [7, 11) is 1.95. The lowest BCUT2D eigenvalue weighted by atomic mass is 10.0. The van der Waals surface area contributed by atoms with Gasteiger partial charge in [0.05, 0.1) is 12.6 Å². The van der Waals surface area contributed by atoms with Crippen LogP contribution in [-0.4, -0.2) is 25.2 Å². The van der Waals surface area contributed by atoms with Gasteiger partial charge in [-0.25, -0.2) is 0 Å². The molecule has 0 aliphatic heterocycles. The molecule has 3 nitrogen and oxygen atoms in total. The summed E-state index contributed by atoms with van der Waals surface area (Å²) in [6, 6.07) is 2.30. The minimum Gasteiger partial charge on any atom is -0.380 e. The Balaban J connectivity index is 2.73. The first kappa shape index (κ1) is 11.1. The quantitative estimate of drug-likeness (QED) is 0.774. The predicted octanol–water partition coefficient (Wildman–Crippen LogP) is 1.69. The number of hydrogen-bond acceptors (Lipinski definition) is 3. The molecule has 14 heavy (non-hydrogen) atoms. The van der Waals surface area contributed by atoms with Gasteiger partial charge in [0, 0.05) is 19.0 Å². The Labute approximate surface area is 85.5 Å². The summed E-state index contributed by atoms with van der Waals surface area (Å²) in [5, 5.41) is 3.24. The van der Waals surface area contributed by atoms with E-state index in [4.69, 9.17) is 4.74 Å². The highest BCUT2D eigenvalue weighted by atomic mass is 16.5. The van der Waals surface area contributed by atoms with E-state index in [0.717, 1.165) is 6.61 Å². The maximum Gasteiger partial charge on any atom is 0.0661 e. The van der Waals surface area contributed by atoms with E-state index in [1.807, 2.05) is 32.4 Å². The second-order valence-electron chi connectivity index (χ2n) is 3.23. The third-order valence-corrected chi connectivity index (χ3v) is 2.28. The summed E-state index contributed by atoms with van der Waals surface area (Å²) in [5.41, 5.74) is 2.46. The Hall–Kier alpha value is -0.930. The first-order valence-electron chi connectivity index (χ1n) is 4.95. The molecule has 1 heterocycles. The van der Waals surface area contributed by atoms with Gasteiger partial charge in [-0.1, -0.05) is 0 Å². The lowest BCUT2D eigenvalue weighted by Crippen LogP contribution is -2.22. The number of aromatic nitrogens is 1. The fourth-order valence-electron chi connectivity index (χ4n) is 1.44. The summed E-state index contributed by atoms with van der Waals surface area (Å²) in [6.45, 7) is 5.53. The molecule has 1 rings (SSSR count). The number of pyridine rings is 1. The van der Waals surface area contributed by atoms with Crippen LogP contribution in [0.1, 0.15) is 24.1 Å². The molecular formula is C11H18N2O. The zero-order valence-electron chi connectivity index (χ0n) is 9.08. The van der Waals surface area contributed by atoms with Crippen molar-refractivity contribution in [1.29, 1.82) is 0 Å². The fourth-order valence-corrected chi connectivity index (χ4v) is 1.44. The molecule has 3 heteroatoms. The second-order valence-corrected chi connectivity index (χ2v) is 3.23. The van der Waals surface area contributed by atoms with Crippen molar-refractivity contribution in [1.82, 2.24) is 10.3 Å². The van der Waals surface area contributed by atoms with Crippen LogP contribution in [0.2, 0.25) is 0 Å². The van der Waals surface area contributed by atoms with E-state index in [1.54, 1.807) is 0 Å². The molecule has 78 valence electrons. The molecule has 1 atom stereocenters. The van der Waals surface area contributed by atoms with Crippen molar-refractivity contribution in [3.8, 4) is 0 Å². The number of nitrogens with one attached hydrogen (secondary N) is 1. The highest BCUT2D eigenvalue weighted by Gasteiger charge is 2.10. The average molecular weight is 194 g/mol. The van der Waals surface area contributed by atoms with Crippen molar-refractivity contribution in [2.24, 2.45) is 0 Å². The van der Waals surface area contributed by atoms with Crippen molar-refractivity contribution in [2.45, 2.75) is 19.9 Å². The van der Waals surface area contributed by atoms with E-state index in [0.29, 0.717) is 6.61 Å². The summed E-state index contributed by atoms with van der Waals surface area (Å²) >= 11 is 0. The van der Waals surface area contributed by atoms with Gasteiger partial charge in [-0.2, -0.15) is 0 Å². The van der Waals surface area contributed by atoms with E-state index in [2.05, 4.69) is 17.2 Å². The van der Waals surface area contributed by atoms with Gasteiger partial charge >= 0.3 is 0 Å². The Kier molecular flexibility index (Phi) is 4.56. The molecule has 0 saturated heterocycles. The largest absolute Gasteiger partial charge is 0.380 e. The molecule has 0 bridgehead atoms. The van der Waals surface area contributed by atoms with Crippen LogP contribution in [0.5, 0.6) is 0 Å². The molecule has 1 aromatic heterocycles. The molecule has 0 aromatic carbocycles. The van der Waals surface area contributed by atoms with E-state index in [9.17, 15) is 0 Å². The first-order valence-corrected chi connectivity index (χ1v) is 4.95. The molecule has 0 spiro atoms. The Bertz CT molecular complexity index is 276. The third kappa shape index (κ3) is 2.79. The lowest BCUT2D eigenvalue weighted by molar-refractivity contribution is 0.125. The number of nitrogens with zero attached hydrogens (tertiary/aromatic N) is 1. The molecule has 0 saturated carbocycles. The monoisotopic (exact) mass is 194 g/mol. The highest BCUT2D eigenvalue weighted by Crippen LogP contribution is 2.15. The van der Waals surface area contributed by atoms with Gasteiger partial charge in [0.2, 0.25) is 0 Å². The van der Waals surface area contributed by atoms with Crippen LogP contribution in [0.25, 0.3) is 0 Å². The maximum atomic E-state index is 5.41. The second kappa shape index (κ2) is 5.73. The molecule has 0 fully saturated rings. The van der Waals surface area contributed by atoms with E-state index in [1.165, 1.54) is 11.1 Å². The SMILES string of the molecule is CCOCC(NC)c1ccncc1C. The van der Waals surface area contributed by atoms with Crippen LogP contribution >= 0.6 is 0 Å². The van der Waals surface area contributed by atoms with Crippen molar-refractivity contribution in [3.63, 3.8) is 0 Å². The molecule has 1 unspecified atom stereocenters. The minimum absolute atomic E-state index is 0.262. The normalized spacial score (nSPS) is 12.8. The zero-order valence-corrected chi connectivity index (χ0v) is 9.08. The number of aryl methyl sites for hydroxylation is 1. The number of likely N-dealkylation sites (N-methyl/N-ethyl adjacent to an activating group) is 1. The van der Waals surface area contributed by atoms with Crippen molar-refractivity contribution in [2.75, 3.05) is 20.3 Å². The van der Waals surface area contributed by atoms with Crippen molar-refractivity contribution >= 4 is 0 Å². The minimum atomic E-state index is 0.262. The van der Waals surface area contributed by atoms with Gasteiger partial charge in [0.1, 0.15) is 0 Å². The fraction of sp³-hybridized carbons (Fsp3) is 0.545. The third-order valence-electron chi connectivity index (χ3n) is 2.28. The topological polar surface area (TPSA) is 34.1 Å². The van der Waals surface area contributed by atoms with Crippen LogP contribution in [0, 0.1) is 6.92 Å². The maximum absolute atomic E-state index is 5.41. The van der Waals surface area contributed by atoms with E-state index >= 15 is 0 Å². The van der Waals surface area contributed by atoms with Crippen molar-refractivity contribution in [3.05, 3.63) is 29.6 Å². The van der Waals surface area contributed by atoms with Gasteiger partial charge in [-0.15, -0.1) is 0 Å². The van der Waals surface area contributed by atoms with Crippen molar-refractivity contribution < 1.29 is 4.74 Å². The Morgan fingerprint density at radius 2 is 2.36 bits per heavy atom. The molecule has 0 aliphatic carbocycles. The van der Waals surface area contributed by atoms with E-state index in [-0.39, 0.29) is 6.04 Å². The smallest absolute Gasteiger partial charge is 0.0661 e. The number of rotatable bonds is 5. The highest BCUT2D eigenvalue weighted by molar-refractivity contribution is 5.25. The van der Waals surface area contributed by atoms with E-state index < -0.39 is 0 Å². The van der Waals surface area contributed by atoms with Gasteiger partial charge in [0.15, 0.2) is 0 Å². The molecule has 0 radical (unpaired) electrons. The van der Waals surface area contributed by atoms with Crippen LogP contribution in [0.4, 0.5) is 0 Å². The summed E-state index contributed by atoms with van der Waals surface area (Å²) in [6.07, 6.45) is 3.70. The summed E-state index contributed by atoms with van der Waals surface area (Å²) in [5.74, 6) is 0. The van der Waals surface area contributed by atoms with Gasteiger partial charge in [-0.05, 0) is 38.1 Å². The van der Waals surface area contributed by atoms with Gasteiger partial charge in [-0.3, -0.25) is 4.98 Å². The zero-order chi connectivity index (χ0) is 10.4. The van der Waals surface area contributed by atoms with Gasteiger partial charge < -0.3 is 10.1 Å². The molecule has 0 aliphatic rings. The number of hydrogen-bond donors (Lipinski definition) is 1. The van der Waals surface area contributed by atoms with Gasteiger partial charge in [0.25, 0.3) is 0 Å². The van der Waals surface area contributed by atoms with Crippen LogP contribution < -0.4 is 5.32 Å².